The summed E-state index contributed by atoms with van der Waals surface area (Å²) in [6.45, 7) is 6.05. The summed E-state index contributed by atoms with van der Waals surface area (Å²) in [5.74, 6) is 0.0167. The lowest BCUT2D eigenvalue weighted by molar-refractivity contribution is -0.145. The quantitative estimate of drug-likeness (QED) is 0.517. The molecule has 2 aromatic carbocycles. The van der Waals surface area contributed by atoms with Crippen LogP contribution in [0.15, 0.2) is 36.4 Å². The van der Waals surface area contributed by atoms with E-state index in [2.05, 4.69) is 30.4 Å². The highest BCUT2D eigenvalue weighted by molar-refractivity contribution is 5.83. The lowest BCUT2D eigenvalue weighted by Gasteiger charge is -2.35. The molecule has 178 valence electrons. The van der Waals surface area contributed by atoms with Crippen LogP contribution >= 0.6 is 0 Å². The molecule has 4 rings (SSSR count). The van der Waals surface area contributed by atoms with Crippen molar-refractivity contribution in [3.05, 3.63) is 47.5 Å². The van der Waals surface area contributed by atoms with E-state index in [0.717, 1.165) is 46.5 Å². The number of hydrogen-bond donors (Lipinski definition) is 2. The molecule has 0 unspecified atom stereocenters. The van der Waals surface area contributed by atoms with Gasteiger partial charge in [-0.05, 0) is 73.2 Å². The summed E-state index contributed by atoms with van der Waals surface area (Å²) in [7, 11) is 0. The van der Waals surface area contributed by atoms with Crippen molar-refractivity contribution >= 4 is 11.7 Å². The number of nitrogens with one attached hydrogen (secondary N) is 1. The fourth-order valence-electron chi connectivity index (χ4n) is 4.88. The van der Waals surface area contributed by atoms with E-state index in [-0.39, 0.29) is 0 Å². The lowest BCUT2D eigenvalue weighted by atomic mass is 9.89. The predicted octanol–water partition coefficient (Wildman–Crippen LogP) is 5.57. The number of hydrogen-bond acceptors (Lipinski definition) is 5. The summed E-state index contributed by atoms with van der Waals surface area (Å²) in [5.41, 5.74) is 4.13. The van der Waals surface area contributed by atoms with Crippen LogP contribution in [0.4, 0.5) is 5.69 Å². The van der Waals surface area contributed by atoms with E-state index in [9.17, 15) is 9.90 Å². The second-order valence-electron chi connectivity index (χ2n) is 9.18. The van der Waals surface area contributed by atoms with E-state index < -0.39 is 11.5 Å². The van der Waals surface area contributed by atoms with Crippen molar-refractivity contribution in [3.63, 3.8) is 0 Å². The number of benzene rings is 2. The summed E-state index contributed by atoms with van der Waals surface area (Å²) < 4.78 is 17.5. The molecular weight excluding hydrogens is 418 g/mol. The van der Waals surface area contributed by atoms with Gasteiger partial charge in [-0.3, -0.25) is 0 Å². The number of carboxylic acids is 1. The maximum absolute atomic E-state index is 12.1. The predicted molar refractivity (Wildman–Crippen MR) is 129 cm³/mol. The molecular formula is C27H35NO5. The third kappa shape index (κ3) is 5.68. The normalized spacial score (nSPS) is 18.2. The van der Waals surface area contributed by atoms with Crippen LogP contribution < -0.4 is 10.1 Å². The summed E-state index contributed by atoms with van der Waals surface area (Å²) in [5, 5.41) is 13.3. The van der Waals surface area contributed by atoms with Gasteiger partial charge in [0.2, 0.25) is 0 Å². The molecule has 33 heavy (non-hydrogen) atoms. The van der Waals surface area contributed by atoms with Crippen LogP contribution in [0, 0.1) is 6.92 Å². The summed E-state index contributed by atoms with van der Waals surface area (Å²) >= 11 is 0. The van der Waals surface area contributed by atoms with Crippen LogP contribution in [0.25, 0.3) is 11.1 Å². The number of carboxylic acid groups (broad SMARTS) is 1. The Labute approximate surface area is 196 Å². The maximum Gasteiger partial charge on any atom is 0.329 e. The third-order valence-corrected chi connectivity index (χ3v) is 6.69. The average molecular weight is 454 g/mol. The molecule has 6 nitrogen and oxygen atoms in total. The SMILES string of the molecule is CCOc1cc(C)cc(-c2ccc(NC3(C(=O)O)CCOCC3)cc2COC2CCCC2)c1. The molecule has 0 radical (unpaired) electrons. The first kappa shape index (κ1) is 23.6. The van der Waals surface area contributed by atoms with Crippen molar-refractivity contribution < 1.29 is 24.1 Å². The zero-order chi connectivity index (χ0) is 23.3. The van der Waals surface area contributed by atoms with E-state index in [1.54, 1.807) is 0 Å². The van der Waals surface area contributed by atoms with Gasteiger partial charge in [0.15, 0.2) is 0 Å². The molecule has 2 aliphatic rings. The molecule has 0 aromatic heterocycles. The molecule has 2 N–H and O–H groups in total. The molecule has 0 atom stereocenters. The number of rotatable bonds is 9. The minimum Gasteiger partial charge on any atom is -0.494 e. The highest BCUT2D eigenvalue weighted by Crippen LogP contribution is 2.34. The average Bonchev–Trinajstić information content (AvgIpc) is 3.32. The Morgan fingerprint density at radius 3 is 2.61 bits per heavy atom. The van der Waals surface area contributed by atoms with Crippen LogP contribution in [0.1, 0.15) is 56.6 Å². The van der Waals surface area contributed by atoms with Crippen molar-refractivity contribution in [2.45, 2.75) is 70.6 Å². The van der Waals surface area contributed by atoms with E-state index in [1.165, 1.54) is 12.8 Å². The van der Waals surface area contributed by atoms with Gasteiger partial charge >= 0.3 is 5.97 Å². The maximum atomic E-state index is 12.1. The van der Waals surface area contributed by atoms with Gasteiger partial charge in [0.25, 0.3) is 0 Å². The first-order valence-electron chi connectivity index (χ1n) is 12.1. The molecule has 1 aliphatic carbocycles. The van der Waals surface area contributed by atoms with Crippen LogP contribution in [0.5, 0.6) is 5.75 Å². The standard InChI is InChI=1S/C27H35NO5/c1-3-32-24-15-19(2)14-20(17-24)25-9-8-22(16-21(25)18-33-23-6-4-5-7-23)28-27(26(29)30)10-12-31-13-11-27/h8-9,14-17,23,28H,3-7,10-13,18H2,1-2H3,(H,29,30). The van der Waals surface area contributed by atoms with Gasteiger partial charge in [-0.1, -0.05) is 25.0 Å². The van der Waals surface area contributed by atoms with Crippen LogP contribution in [0.3, 0.4) is 0 Å². The molecule has 1 heterocycles. The van der Waals surface area contributed by atoms with Gasteiger partial charge < -0.3 is 24.6 Å². The van der Waals surface area contributed by atoms with Gasteiger partial charge in [0.05, 0.1) is 19.3 Å². The lowest BCUT2D eigenvalue weighted by Crippen LogP contribution is -2.50. The molecule has 0 spiro atoms. The summed E-state index contributed by atoms with van der Waals surface area (Å²) in [6.07, 6.45) is 5.83. The Balaban J connectivity index is 1.66. The second kappa shape index (κ2) is 10.6. The number of anilines is 1. The Kier molecular flexibility index (Phi) is 7.56. The van der Waals surface area contributed by atoms with Crippen molar-refractivity contribution in [1.29, 1.82) is 0 Å². The fourth-order valence-corrected chi connectivity index (χ4v) is 4.88. The van der Waals surface area contributed by atoms with Gasteiger partial charge in [-0.15, -0.1) is 0 Å². The van der Waals surface area contributed by atoms with Crippen molar-refractivity contribution in [2.75, 3.05) is 25.1 Å². The minimum absolute atomic E-state index is 0.298. The minimum atomic E-state index is -1.01. The number of carbonyl (C=O) groups is 1. The summed E-state index contributed by atoms with van der Waals surface area (Å²) in [6, 6.07) is 12.3. The monoisotopic (exact) mass is 453 g/mol. The molecule has 2 fully saturated rings. The van der Waals surface area contributed by atoms with E-state index in [4.69, 9.17) is 14.2 Å². The molecule has 1 saturated carbocycles. The van der Waals surface area contributed by atoms with Gasteiger partial charge in [0.1, 0.15) is 11.3 Å². The van der Waals surface area contributed by atoms with Crippen LogP contribution in [0.2, 0.25) is 0 Å². The van der Waals surface area contributed by atoms with Crippen molar-refractivity contribution in [1.82, 2.24) is 0 Å². The van der Waals surface area contributed by atoms with Gasteiger partial charge in [-0.2, -0.15) is 0 Å². The van der Waals surface area contributed by atoms with Crippen molar-refractivity contribution in [2.24, 2.45) is 0 Å². The molecule has 1 saturated heterocycles. The number of aliphatic carboxylic acids is 1. The van der Waals surface area contributed by atoms with Crippen LogP contribution in [-0.4, -0.2) is 42.5 Å². The Hall–Kier alpha value is -2.57. The molecule has 2 aromatic rings. The molecule has 0 amide bonds. The topological polar surface area (TPSA) is 77.0 Å². The highest BCUT2D eigenvalue weighted by atomic mass is 16.5. The Bertz CT molecular complexity index is 961. The van der Waals surface area contributed by atoms with Gasteiger partial charge in [0, 0.05) is 31.7 Å². The zero-order valence-corrected chi connectivity index (χ0v) is 19.7. The number of ether oxygens (including phenoxy) is 3. The van der Waals surface area contributed by atoms with Gasteiger partial charge in [-0.25, -0.2) is 4.79 Å². The fraction of sp³-hybridized carbons (Fsp3) is 0.519. The first-order chi connectivity index (χ1) is 16.0. The summed E-state index contributed by atoms with van der Waals surface area (Å²) in [4.78, 5) is 12.1. The van der Waals surface area contributed by atoms with E-state index in [1.807, 2.05) is 25.1 Å². The molecule has 6 heteroatoms. The van der Waals surface area contributed by atoms with Crippen molar-refractivity contribution in [3.8, 4) is 16.9 Å². The third-order valence-electron chi connectivity index (χ3n) is 6.69. The zero-order valence-electron chi connectivity index (χ0n) is 19.7. The smallest absolute Gasteiger partial charge is 0.329 e. The largest absolute Gasteiger partial charge is 0.494 e. The molecule has 1 aliphatic heterocycles. The second-order valence-corrected chi connectivity index (χ2v) is 9.18. The Morgan fingerprint density at radius 1 is 1.15 bits per heavy atom. The molecule has 0 bridgehead atoms. The van der Waals surface area contributed by atoms with E-state index >= 15 is 0 Å². The first-order valence-corrected chi connectivity index (χ1v) is 12.1. The Morgan fingerprint density at radius 2 is 1.91 bits per heavy atom. The highest BCUT2D eigenvalue weighted by Gasteiger charge is 2.40. The number of aryl methyl sites for hydroxylation is 1. The van der Waals surface area contributed by atoms with Crippen LogP contribution in [-0.2, 0) is 20.9 Å². The van der Waals surface area contributed by atoms with E-state index in [0.29, 0.717) is 45.4 Å².